The van der Waals surface area contributed by atoms with E-state index in [0.29, 0.717) is 30.9 Å². The molecule has 0 bridgehead atoms. The third kappa shape index (κ3) is 9.03. The van der Waals surface area contributed by atoms with Crippen LogP contribution in [0, 0.1) is 5.82 Å². The van der Waals surface area contributed by atoms with Gasteiger partial charge in [0.15, 0.2) is 0 Å². The smallest absolute Gasteiger partial charge is 0.317 e. The van der Waals surface area contributed by atoms with Gasteiger partial charge in [-0.15, -0.1) is 0 Å². The summed E-state index contributed by atoms with van der Waals surface area (Å²) < 4.78 is 19.4. The fraction of sp³-hybridized carbons (Fsp3) is 0.367. The minimum atomic E-state index is -0.639. The summed E-state index contributed by atoms with van der Waals surface area (Å²) in [6.07, 6.45) is 1.81. The molecule has 1 atom stereocenters. The maximum Gasteiger partial charge on any atom is 0.317 e. The number of anilines is 1. The van der Waals surface area contributed by atoms with E-state index in [2.05, 4.69) is 40.2 Å². The van der Waals surface area contributed by atoms with Crippen molar-refractivity contribution in [2.24, 2.45) is 0 Å². The molecule has 1 heterocycles. The summed E-state index contributed by atoms with van der Waals surface area (Å²) in [7, 11) is 0. The van der Waals surface area contributed by atoms with E-state index in [-0.39, 0.29) is 36.7 Å². The van der Waals surface area contributed by atoms with Gasteiger partial charge < -0.3 is 40.9 Å². The number of benzene rings is 3. The molecular weight excluding hydrogens is 515 g/mol. The number of carbonyl (C=O) groups is 1. The normalized spacial score (nSPS) is 14.5. The highest BCUT2D eigenvalue weighted by molar-refractivity contribution is 5.74. The highest BCUT2D eigenvalue weighted by atomic mass is 19.1. The molecule has 9 nitrogen and oxygen atoms in total. The van der Waals surface area contributed by atoms with E-state index >= 15 is 0 Å². The molecule has 3 aromatic rings. The van der Waals surface area contributed by atoms with Gasteiger partial charge in [-0.25, -0.2) is 9.18 Å². The van der Waals surface area contributed by atoms with Gasteiger partial charge in [-0.05, 0) is 73.8 Å². The molecule has 0 aromatic heterocycles. The van der Waals surface area contributed by atoms with Crippen LogP contribution in [0.2, 0.25) is 0 Å². The molecule has 3 aromatic carbocycles. The minimum Gasteiger partial charge on any atom is -0.508 e. The van der Waals surface area contributed by atoms with E-state index < -0.39 is 11.9 Å². The fourth-order valence-electron chi connectivity index (χ4n) is 4.49. The van der Waals surface area contributed by atoms with E-state index in [4.69, 9.17) is 4.74 Å². The Morgan fingerprint density at radius 3 is 2.40 bits per heavy atom. The first-order valence-corrected chi connectivity index (χ1v) is 13.5. The number of rotatable bonds is 12. The maximum atomic E-state index is 13.9. The van der Waals surface area contributed by atoms with Gasteiger partial charge in [0.25, 0.3) is 0 Å². The molecule has 1 saturated heterocycles. The van der Waals surface area contributed by atoms with Crippen molar-refractivity contribution < 1.29 is 29.2 Å². The molecule has 10 heteroatoms. The van der Waals surface area contributed by atoms with Crippen molar-refractivity contribution in [1.29, 1.82) is 0 Å². The molecule has 214 valence electrons. The largest absolute Gasteiger partial charge is 0.508 e. The van der Waals surface area contributed by atoms with Crippen molar-refractivity contribution >= 4 is 11.7 Å². The summed E-state index contributed by atoms with van der Waals surface area (Å²) in [5.74, 6) is 0.0829. The van der Waals surface area contributed by atoms with E-state index in [1.807, 2.05) is 0 Å². The zero-order valence-electron chi connectivity index (χ0n) is 22.4. The Morgan fingerprint density at radius 1 is 1.00 bits per heavy atom. The van der Waals surface area contributed by atoms with Gasteiger partial charge in [-0.2, -0.15) is 0 Å². The Bertz CT molecular complexity index is 1220. The van der Waals surface area contributed by atoms with Crippen LogP contribution in [0.1, 0.15) is 24.0 Å². The monoisotopic (exact) mass is 552 g/mol. The SMILES string of the molecule is O=C(NCc1ccc(O)cc1F)N1CCC(Nc2ccc(CCNCC(O)COc3ccc(O)cc3)cc2)CC1. The van der Waals surface area contributed by atoms with Crippen molar-refractivity contribution in [1.82, 2.24) is 15.5 Å². The van der Waals surface area contributed by atoms with Gasteiger partial charge in [0, 0.05) is 49.5 Å². The van der Waals surface area contributed by atoms with Crippen LogP contribution in [0.25, 0.3) is 0 Å². The first kappa shape index (κ1) is 29.0. The number of phenols is 2. The maximum absolute atomic E-state index is 13.9. The number of phenolic OH excluding ortho intramolecular Hbond substituents is 2. The fourth-order valence-corrected chi connectivity index (χ4v) is 4.49. The number of halogens is 1. The number of carbonyl (C=O) groups excluding carboxylic acids is 1. The van der Waals surface area contributed by atoms with E-state index in [1.54, 1.807) is 29.2 Å². The van der Waals surface area contributed by atoms with E-state index in [9.17, 15) is 24.5 Å². The standard InChI is InChI=1S/C30H37FN4O5/c31-29-17-26(37)6-3-22(29)18-33-30(39)35-15-12-24(13-16-35)34-23-4-1-21(2-5-23)11-14-32-19-27(38)20-40-28-9-7-25(36)8-10-28/h1-10,17,24,27,32,34,36-38H,11-16,18-20H2,(H,33,39). The second-order valence-corrected chi connectivity index (χ2v) is 9.95. The summed E-state index contributed by atoms with van der Waals surface area (Å²) in [5.41, 5.74) is 2.55. The Balaban J connectivity index is 1.09. The number of hydrogen-bond acceptors (Lipinski definition) is 7. The summed E-state index contributed by atoms with van der Waals surface area (Å²) in [5, 5.41) is 38.2. The first-order chi connectivity index (χ1) is 19.4. The molecule has 0 spiro atoms. The van der Waals surface area contributed by atoms with Gasteiger partial charge in [0.05, 0.1) is 0 Å². The second kappa shape index (κ2) is 14.4. The van der Waals surface area contributed by atoms with Crippen LogP contribution in [-0.4, -0.2) is 71.2 Å². The quantitative estimate of drug-likeness (QED) is 0.190. The second-order valence-electron chi connectivity index (χ2n) is 9.95. The number of aliphatic hydroxyl groups is 1. The number of ether oxygens (including phenoxy) is 1. The predicted molar refractivity (Wildman–Crippen MR) is 151 cm³/mol. The summed E-state index contributed by atoms with van der Waals surface area (Å²) in [6.45, 7) is 2.60. The molecule has 2 amide bonds. The third-order valence-electron chi connectivity index (χ3n) is 6.82. The molecular formula is C30H37FN4O5. The minimum absolute atomic E-state index is 0.0704. The topological polar surface area (TPSA) is 126 Å². The average Bonchev–Trinajstić information content (AvgIpc) is 2.95. The lowest BCUT2D eigenvalue weighted by Crippen LogP contribution is -2.46. The highest BCUT2D eigenvalue weighted by Crippen LogP contribution is 2.19. The molecule has 1 unspecified atom stereocenters. The molecule has 1 aliphatic rings. The summed E-state index contributed by atoms with van der Waals surface area (Å²) in [6, 6.07) is 18.6. The van der Waals surface area contributed by atoms with Crippen LogP contribution < -0.4 is 20.7 Å². The van der Waals surface area contributed by atoms with E-state index in [1.165, 1.54) is 17.7 Å². The molecule has 40 heavy (non-hydrogen) atoms. The summed E-state index contributed by atoms with van der Waals surface area (Å²) >= 11 is 0. The van der Waals surface area contributed by atoms with Crippen LogP contribution in [0.5, 0.6) is 17.2 Å². The lowest BCUT2D eigenvalue weighted by Gasteiger charge is -2.33. The molecule has 4 rings (SSSR count). The lowest BCUT2D eigenvalue weighted by atomic mass is 10.0. The number of aromatic hydroxyl groups is 2. The van der Waals surface area contributed by atoms with Crippen molar-refractivity contribution in [2.45, 2.75) is 38.0 Å². The molecule has 1 aliphatic heterocycles. The van der Waals surface area contributed by atoms with Gasteiger partial charge in [0.1, 0.15) is 35.8 Å². The van der Waals surface area contributed by atoms with Crippen LogP contribution in [-0.2, 0) is 13.0 Å². The Morgan fingerprint density at radius 2 is 1.70 bits per heavy atom. The van der Waals surface area contributed by atoms with Crippen molar-refractivity contribution in [3.8, 4) is 17.2 Å². The van der Waals surface area contributed by atoms with Crippen molar-refractivity contribution in [3.63, 3.8) is 0 Å². The van der Waals surface area contributed by atoms with Crippen LogP contribution in [0.15, 0.2) is 66.7 Å². The molecule has 6 N–H and O–H groups in total. The highest BCUT2D eigenvalue weighted by Gasteiger charge is 2.22. The van der Waals surface area contributed by atoms with Gasteiger partial charge in [-0.3, -0.25) is 0 Å². The lowest BCUT2D eigenvalue weighted by molar-refractivity contribution is 0.106. The van der Waals surface area contributed by atoms with Crippen molar-refractivity contribution in [3.05, 3.63) is 83.7 Å². The van der Waals surface area contributed by atoms with Gasteiger partial charge in [-0.1, -0.05) is 18.2 Å². The predicted octanol–water partition coefficient (Wildman–Crippen LogP) is 3.60. The number of aliphatic hydroxyl groups excluding tert-OH is 1. The zero-order chi connectivity index (χ0) is 28.3. The number of amides is 2. The van der Waals surface area contributed by atoms with Crippen LogP contribution in [0.4, 0.5) is 14.9 Å². The molecule has 0 radical (unpaired) electrons. The van der Waals surface area contributed by atoms with Gasteiger partial charge >= 0.3 is 6.03 Å². The van der Waals surface area contributed by atoms with Crippen LogP contribution >= 0.6 is 0 Å². The molecule has 0 saturated carbocycles. The first-order valence-electron chi connectivity index (χ1n) is 13.5. The Labute approximate surface area is 233 Å². The third-order valence-corrected chi connectivity index (χ3v) is 6.82. The number of nitrogens with zero attached hydrogens (tertiary/aromatic N) is 1. The van der Waals surface area contributed by atoms with Crippen molar-refractivity contribution in [2.75, 3.05) is 38.1 Å². The average molecular weight is 553 g/mol. The zero-order valence-corrected chi connectivity index (χ0v) is 22.4. The summed E-state index contributed by atoms with van der Waals surface area (Å²) in [4.78, 5) is 14.2. The Hall–Kier alpha value is -4.02. The number of piperidine rings is 1. The number of nitrogens with one attached hydrogen (secondary N) is 3. The number of hydrogen-bond donors (Lipinski definition) is 6. The van der Waals surface area contributed by atoms with Gasteiger partial charge in [0.2, 0.25) is 0 Å². The number of likely N-dealkylation sites (tertiary alicyclic amines) is 1. The Kier molecular flexibility index (Phi) is 10.4. The van der Waals surface area contributed by atoms with E-state index in [0.717, 1.165) is 37.6 Å². The molecule has 1 fully saturated rings. The molecule has 0 aliphatic carbocycles. The van der Waals surface area contributed by atoms with Crippen LogP contribution in [0.3, 0.4) is 0 Å². The number of urea groups is 1.